The predicted molar refractivity (Wildman–Crippen MR) is 35.4 cm³/mol. The van der Waals surface area contributed by atoms with Crippen LogP contribution in [0, 0.1) is 5.41 Å². The number of aliphatic hydroxyl groups is 1. The smallest absolute Gasteiger partial charge is 0.314 e. The highest BCUT2D eigenvalue weighted by atomic mass is 16.5. The maximum atomic E-state index is 11.0. The van der Waals surface area contributed by atoms with Gasteiger partial charge in [-0.1, -0.05) is 0 Å². The second-order valence-corrected chi connectivity index (χ2v) is 2.96. The molecule has 0 aromatic rings. The van der Waals surface area contributed by atoms with E-state index in [4.69, 9.17) is 9.84 Å². The van der Waals surface area contributed by atoms with Crippen LogP contribution in [0.25, 0.3) is 0 Å². The zero-order valence-corrected chi connectivity index (χ0v) is 6.09. The second-order valence-electron chi connectivity index (χ2n) is 2.96. The Morgan fingerprint density at radius 1 is 1.80 bits per heavy atom. The number of ether oxygens (including phenoxy) is 1. The number of hydrogen-bond acceptors (Lipinski definition) is 3. The Kier molecular flexibility index (Phi) is 1.94. The molecule has 1 atom stereocenters. The van der Waals surface area contributed by atoms with Gasteiger partial charge in [0, 0.05) is 0 Å². The van der Waals surface area contributed by atoms with Crippen molar-refractivity contribution >= 4 is 5.97 Å². The molecular weight excluding hydrogens is 132 g/mol. The van der Waals surface area contributed by atoms with Crippen LogP contribution in [0.2, 0.25) is 0 Å². The first-order chi connectivity index (χ1) is 4.69. The van der Waals surface area contributed by atoms with E-state index in [1.165, 1.54) is 0 Å². The summed E-state index contributed by atoms with van der Waals surface area (Å²) in [5.74, 6) is -0.263. The molecule has 0 spiro atoms. The van der Waals surface area contributed by atoms with E-state index in [1.54, 1.807) is 6.92 Å². The lowest BCUT2D eigenvalue weighted by Crippen LogP contribution is -2.37. The molecule has 0 aromatic heterocycles. The monoisotopic (exact) mass is 144 g/mol. The van der Waals surface area contributed by atoms with Crippen LogP contribution in [0.5, 0.6) is 0 Å². The Labute approximate surface area is 60.0 Å². The molecule has 0 aromatic carbocycles. The zero-order chi connectivity index (χ0) is 7.61. The van der Waals surface area contributed by atoms with Crippen LogP contribution in [-0.2, 0) is 9.53 Å². The average molecular weight is 144 g/mol. The highest BCUT2D eigenvalue weighted by Gasteiger charge is 2.36. The Balaban J connectivity index is 2.63. The molecule has 0 radical (unpaired) electrons. The molecule has 0 bridgehead atoms. The summed E-state index contributed by atoms with van der Waals surface area (Å²) in [5, 5.41) is 8.82. The maximum Gasteiger partial charge on any atom is 0.314 e. The normalized spacial score (nSPS) is 33.6. The molecule has 1 heterocycles. The molecule has 0 saturated carbocycles. The van der Waals surface area contributed by atoms with Crippen LogP contribution in [0.1, 0.15) is 19.8 Å². The third-order valence-corrected chi connectivity index (χ3v) is 1.95. The summed E-state index contributed by atoms with van der Waals surface area (Å²) in [6.07, 6.45) is 1.60. The molecule has 1 rings (SSSR count). The first kappa shape index (κ1) is 7.54. The zero-order valence-electron chi connectivity index (χ0n) is 6.09. The van der Waals surface area contributed by atoms with E-state index in [1.807, 2.05) is 0 Å². The van der Waals surface area contributed by atoms with Crippen LogP contribution in [0.3, 0.4) is 0 Å². The lowest BCUT2D eigenvalue weighted by molar-refractivity contribution is -0.163. The number of rotatable bonds is 1. The fraction of sp³-hybridized carbons (Fsp3) is 0.857. The summed E-state index contributed by atoms with van der Waals surface area (Å²) in [7, 11) is 0. The Morgan fingerprint density at radius 2 is 2.50 bits per heavy atom. The Hall–Kier alpha value is -0.570. The molecule has 58 valence electrons. The van der Waals surface area contributed by atoms with Crippen molar-refractivity contribution in [3.05, 3.63) is 0 Å². The summed E-state index contributed by atoms with van der Waals surface area (Å²) in [6.45, 7) is 2.13. The molecule has 1 unspecified atom stereocenters. The van der Waals surface area contributed by atoms with Crippen LogP contribution >= 0.6 is 0 Å². The lowest BCUT2D eigenvalue weighted by Gasteiger charge is -2.28. The molecule has 0 aliphatic carbocycles. The molecule has 3 nitrogen and oxygen atoms in total. The number of carbonyl (C=O) groups is 1. The standard InChI is InChI=1S/C7H12O3/c1-7(5-8)3-2-4-10-6(7)9/h8H,2-5H2,1H3. The molecule has 1 saturated heterocycles. The van der Waals surface area contributed by atoms with Crippen LogP contribution in [-0.4, -0.2) is 24.3 Å². The van der Waals surface area contributed by atoms with E-state index in [9.17, 15) is 4.79 Å². The van der Waals surface area contributed by atoms with Gasteiger partial charge in [0.05, 0.1) is 18.6 Å². The fourth-order valence-corrected chi connectivity index (χ4v) is 1.05. The molecule has 1 aliphatic rings. The quantitative estimate of drug-likeness (QED) is 0.539. The van der Waals surface area contributed by atoms with Crippen LogP contribution < -0.4 is 0 Å². The predicted octanol–water partition coefficient (Wildman–Crippen LogP) is 0.322. The topological polar surface area (TPSA) is 46.5 Å². The molecule has 1 fully saturated rings. The van der Waals surface area contributed by atoms with E-state index in [-0.39, 0.29) is 12.6 Å². The lowest BCUT2D eigenvalue weighted by atomic mass is 9.85. The highest BCUT2D eigenvalue weighted by Crippen LogP contribution is 2.27. The van der Waals surface area contributed by atoms with Gasteiger partial charge < -0.3 is 9.84 Å². The summed E-state index contributed by atoms with van der Waals surface area (Å²) in [6, 6.07) is 0. The van der Waals surface area contributed by atoms with Crippen molar-refractivity contribution in [2.24, 2.45) is 5.41 Å². The molecule has 0 amide bonds. The minimum atomic E-state index is -0.627. The number of aliphatic hydroxyl groups excluding tert-OH is 1. The van der Waals surface area contributed by atoms with E-state index in [0.29, 0.717) is 6.61 Å². The first-order valence-electron chi connectivity index (χ1n) is 3.47. The van der Waals surface area contributed by atoms with Gasteiger partial charge in [0.25, 0.3) is 0 Å². The molecule has 1 aliphatic heterocycles. The van der Waals surface area contributed by atoms with Crippen molar-refractivity contribution in [1.82, 2.24) is 0 Å². The van der Waals surface area contributed by atoms with Gasteiger partial charge in [-0.2, -0.15) is 0 Å². The van der Waals surface area contributed by atoms with Crippen LogP contribution in [0.4, 0.5) is 0 Å². The van der Waals surface area contributed by atoms with Crippen molar-refractivity contribution in [2.75, 3.05) is 13.2 Å². The third kappa shape index (κ3) is 1.14. The Morgan fingerprint density at radius 3 is 2.90 bits per heavy atom. The van der Waals surface area contributed by atoms with Gasteiger partial charge in [-0.25, -0.2) is 0 Å². The fourth-order valence-electron chi connectivity index (χ4n) is 1.05. The summed E-state index contributed by atoms with van der Waals surface area (Å²) in [4.78, 5) is 11.0. The SMILES string of the molecule is CC1(CO)CCCOC1=O. The maximum absolute atomic E-state index is 11.0. The van der Waals surface area contributed by atoms with Crippen molar-refractivity contribution in [1.29, 1.82) is 0 Å². The number of carbonyl (C=O) groups excluding carboxylic acids is 1. The largest absolute Gasteiger partial charge is 0.465 e. The molecule has 3 heteroatoms. The van der Waals surface area contributed by atoms with E-state index in [0.717, 1.165) is 12.8 Å². The summed E-state index contributed by atoms with van der Waals surface area (Å²) in [5.41, 5.74) is -0.627. The number of cyclic esters (lactones) is 1. The number of esters is 1. The van der Waals surface area contributed by atoms with E-state index in [2.05, 4.69) is 0 Å². The van der Waals surface area contributed by atoms with Crippen molar-refractivity contribution < 1.29 is 14.6 Å². The van der Waals surface area contributed by atoms with E-state index >= 15 is 0 Å². The van der Waals surface area contributed by atoms with Gasteiger partial charge in [0.1, 0.15) is 0 Å². The van der Waals surface area contributed by atoms with Crippen molar-refractivity contribution in [3.8, 4) is 0 Å². The number of hydrogen-bond donors (Lipinski definition) is 1. The van der Waals surface area contributed by atoms with Gasteiger partial charge in [0.2, 0.25) is 0 Å². The average Bonchev–Trinajstić information content (AvgIpc) is 1.96. The van der Waals surface area contributed by atoms with Gasteiger partial charge >= 0.3 is 5.97 Å². The van der Waals surface area contributed by atoms with E-state index < -0.39 is 5.41 Å². The summed E-state index contributed by atoms with van der Waals surface area (Å²) >= 11 is 0. The molecular formula is C7H12O3. The molecule has 10 heavy (non-hydrogen) atoms. The molecule has 1 N–H and O–H groups in total. The van der Waals surface area contributed by atoms with Gasteiger partial charge in [-0.3, -0.25) is 4.79 Å². The Bertz CT molecular complexity index is 144. The van der Waals surface area contributed by atoms with Crippen LogP contribution in [0.15, 0.2) is 0 Å². The van der Waals surface area contributed by atoms with Gasteiger partial charge in [-0.05, 0) is 19.8 Å². The highest BCUT2D eigenvalue weighted by molar-refractivity contribution is 5.77. The minimum absolute atomic E-state index is 0.105. The van der Waals surface area contributed by atoms with Crippen molar-refractivity contribution in [2.45, 2.75) is 19.8 Å². The van der Waals surface area contributed by atoms with Gasteiger partial charge in [-0.15, -0.1) is 0 Å². The first-order valence-corrected chi connectivity index (χ1v) is 3.47. The second kappa shape index (κ2) is 2.58. The summed E-state index contributed by atoms with van der Waals surface area (Å²) < 4.78 is 4.79. The van der Waals surface area contributed by atoms with Gasteiger partial charge in [0.15, 0.2) is 0 Å². The minimum Gasteiger partial charge on any atom is -0.465 e. The van der Waals surface area contributed by atoms with Crippen molar-refractivity contribution in [3.63, 3.8) is 0 Å². The third-order valence-electron chi connectivity index (χ3n) is 1.95.